The summed E-state index contributed by atoms with van der Waals surface area (Å²) in [4.78, 5) is 22.9. The van der Waals surface area contributed by atoms with E-state index in [-0.39, 0.29) is 17.4 Å². The van der Waals surface area contributed by atoms with Crippen molar-refractivity contribution in [3.8, 4) is 0 Å². The topological polar surface area (TPSA) is 94.5 Å². The maximum Gasteiger partial charge on any atom is 0.251 e. The van der Waals surface area contributed by atoms with E-state index in [4.69, 9.17) is 13.7 Å². The van der Waals surface area contributed by atoms with Gasteiger partial charge in [-0.05, 0) is 6.92 Å². The molecule has 1 aliphatic heterocycles. The number of ether oxygens (including phenoxy) is 1. The van der Waals surface area contributed by atoms with E-state index in [0.717, 1.165) is 5.76 Å². The number of carbonyl (C=O) groups excluding carboxylic acids is 1. The summed E-state index contributed by atoms with van der Waals surface area (Å²) in [5, 5.41) is 3.80. The zero-order valence-corrected chi connectivity index (χ0v) is 15.1. The zero-order valence-electron chi connectivity index (χ0n) is 15.1. The summed E-state index contributed by atoms with van der Waals surface area (Å²) in [6, 6.07) is -0.336. The van der Waals surface area contributed by atoms with Gasteiger partial charge in [-0.15, -0.1) is 0 Å². The van der Waals surface area contributed by atoms with Crippen LogP contribution in [0.25, 0.3) is 0 Å². The molecule has 0 bridgehead atoms. The lowest BCUT2D eigenvalue weighted by Crippen LogP contribution is -2.43. The Labute approximate surface area is 146 Å². The number of hydrogen-bond donors (Lipinski definition) is 0. The van der Waals surface area contributed by atoms with Crippen LogP contribution in [0.5, 0.6) is 0 Å². The molecule has 1 aliphatic rings. The number of carbonyl (C=O) groups is 1. The molecule has 8 heteroatoms. The number of aromatic nitrogens is 3. The minimum Gasteiger partial charge on any atom is -0.445 e. The average Bonchev–Trinajstić information content (AvgIpc) is 3.21. The minimum atomic E-state index is -0.336. The average molecular weight is 348 g/mol. The lowest BCUT2D eigenvalue weighted by atomic mass is 9.94. The van der Waals surface area contributed by atoms with Gasteiger partial charge in [-0.2, -0.15) is 4.98 Å². The van der Waals surface area contributed by atoms with Gasteiger partial charge in [0.05, 0.1) is 19.4 Å². The highest BCUT2D eigenvalue weighted by atomic mass is 16.5. The molecule has 8 nitrogen and oxygen atoms in total. The Bertz CT molecular complexity index is 731. The van der Waals surface area contributed by atoms with Crippen LogP contribution >= 0.6 is 0 Å². The third-order valence-corrected chi connectivity index (χ3v) is 4.12. The Hall–Kier alpha value is -2.22. The van der Waals surface area contributed by atoms with Crippen LogP contribution in [0.4, 0.5) is 0 Å². The Morgan fingerprint density at radius 2 is 2.20 bits per heavy atom. The lowest BCUT2D eigenvalue weighted by Gasteiger charge is -2.33. The first-order valence-corrected chi connectivity index (χ1v) is 8.47. The van der Waals surface area contributed by atoms with E-state index in [2.05, 4.69) is 35.9 Å². The monoisotopic (exact) mass is 348 g/mol. The largest absolute Gasteiger partial charge is 0.445 e. The summed E-state index contributed by atoms with van der Waals surface area (Å²) in [6.07, 6.45) is 2.51. The molecule has 0 N–H and O–H groups in total. The van der Waals surface area contributed by atoms with Gasteiger partial charge in [0.25, 0.3) is 5.89 Å². The number of amides is 1. The number of morpholine rings is 1. The van der Waals surface area contributed by atoms with Crippen LogP contribution in [-0.4, -0.2) is 45.7 Å². The number of rotatable bonds is 4. The van der Waals surface area contributed by atoms with Crippen LogP contribution in [0, 0.1) is 6.92 Å². The molecule has 2 aromatic heterocycles. The molecule has 25 heavy (non-hydrogen) atoms. The highest BCUT2D eigenvalue weighted by molar-refractivity contribution is 5.76. The zero-order chi connectivity index (χ0) is 18.0. The molecule has 0 aliphatic carbocycles. The van der Waals surface area contributed by atoms with Gasteiger partial charge < -0.3 is 18.6 Å². The van der Waals surface area contributed by atoms with Crippen LogP contribution in [0.3, 0.4) is 0 Å². The summed E-state index contributed by atoms with van der Waals surface area (Å²) in [5.41, 5.74) is -0.0968. The molecular weight excluding hydrogens is 324 g/mol. The number of nitrogens with zero attached hydrogens (tertiary/aromatic N) is 4. The van der Waals surface area contributed by atoms with Crippen molar-refractivity contribution in [1.29, 1.82) is 0 Å². The Morgan fingerprint density at radius 1 is 1.40 bits per heavy atom. The molecule has 0 radical (unpaired) electrons. The Balaban J connectivity index is 1.64. The summed E-state index contributed by atoms with van der Waals surface area (Å²) in [6.45, 7) is 9.30. The molecule has 0 spiro atoms. The quantitative estimate of drug-likeness (QED) is 0.836. The summed E-state index contributed by atoms with van der Waals surface area (Å²) < 4.78 is 16.5. The van der Waals surface area contributed by atoms with Gasteiger partial charge in [-0.3, -0.25) is 4.79 Å². The van der Waals surface area contributed by atoms with Gasteiger partial charge in [0.15, 0.2) is 11.7 Å². The fraction of sp³-hybridized carbons (Fsp3) is 0.647. The second-order valence-corrected chi connectivity index (χ2v) is 7.23. The highest BCUT2D eigenvalue weighted by Crippen LogP contribution is 2.25. The molecule has 0 unspecified atom stereocenters. The molecule has 3 rings (SSSR count). The van der Waals surface area contributed by atoms with E-state index in [1.165, 1.54) is 0 Å². The fourth-order valence-corrected chi connectivity index (χ4v) is 2.69. The first-order valence-electron chi connectivity index (χ1n) is 8.47. The second-order valence-electron chi connectivity index (χ2n) is 7.23. The summed E-state index contributed by atoms with van der Waals surface area (Å²) in [7, 11) is 0. The van der Waals surface area contributed by atoms with Gasteiger partial charge in [-0.1, -0.05) is 25.9 Å². The van der Waals surface area contributed by atoms with Gasteiger partial charge in [-0.25, -0.2) is 4.98 Å². The van der Waals surface area contributed by atoms with Gasteiger partial charge in [0, 0.05) is 24.8 Å². The molecule has 1 fully saturated rings. The predicted octanol–water partition coefficient (Wildman–Crippen LogP) is 2.20. The molecule has 3 heterocycles. The fourth-order valence-electron chi connectivity index (χ4n) is 2.69. The van der Waals surface area contributed by atoms with E-state index in [9.17, 15) is 4.79 Å². The number of hydrogen-bond acceptors (Lipinski definition) is 7. The molecule has 0 aromatic carbocycles. The SMILES string of the molecule is Cc1noc([C@H]2COCCN2C(=O)CCc2ncc(C(C)(C)C)o2)n1. The first kappa shape index (κ1) is 17.6. The van der Waals surface area contributed by atoms with Crippen molar-refractivity contribution >= 4 is 5.91 Å². The molecule has 1 atom stereocenters. The third kappa shape index (κ3) is 4.07. The van der Waals surface area contributed by atoms with Crippen molar-refractivity contribution in [1.82, 2.24) is 20.0 Å². The van der Waals surface area contributed by atoms with Gasteiger partial charge in [0.2, 0.25) is 5.91 Å². The van der Waals surface area contributed by atoms with Crippen LogP contribution in [0.15, 0.2) is 15.1 Å². The van der Waals surface area contributed by atoms with E-state index in [1.54, 1.807) is 18.0 Å². The molecule has 2 aromatic rings. The molecule has 136 valence electrons. The maximum atomic E-state index is 12.7. The second kappa shape index (κ2) is 6.95. The van der Waals surface area contributed by atoms with Crippen molar-refractivity contribution in [3.05, 3.63) is 29.6 Å². The minimum absolute atomic E-state index is 0.000313. The van der Waals surface area contributed by atoms with Crippen LogP contribution < -0.4 is 0 Å². The van der Waals surface area contributed by atoms with E-state index >= 15 is 0 Å². The van der Waals surface area contributed by atoms with Gasteiger partial charge in [0.1, 0.15) is 11.8 Å². The van der Waals surface area contributed by atoms with Crippen molar-refractivity contribution in [3.63, 3.8) is 0 Å². The van der Waals surface area contributed by atoms with E-state index in [1.807, 2.05) is 0 Å². The van der Waals surface area contributed by atoms with Crippen molar-refractivity contribution in [2.75, 3.05) is 19.8 Å². The Kier molecular flexibility index (Phi) is 4.89. The molecule has 1 saturated heterocycles. The van der Waals surface area contributed by atoms with E-state index < -0.39 is 0 Å². The van der Waals surface area contributed by atoms with Gasteiger partial charge >= 0.3 is 0 Å². The van der Waals surface area contributed by atoms with Crippen molar-refractivity contribution in [2.24, 2.45) is 0 Å². The van der Waals surface area contributed by atoms with E-state index in [0.29, 0.717) is 50.2 Å². The summed E-state index contributed by atoms with van der Waals surface area (Å²) in [5.74, 6) is 2.36. The van der Waals surface area contributed by atoms with Crippen LogP contribution in [0.1, 0.15) is 56.6 Å². The molecular formula is C17H24N4O4. The third-order valence-electron chi connectivity index (χ3n) is 4.12. The standard InChI is InChI=1S/C17H24N4O4/c1-11-19-16(25-20-11)12-10-23-8-7-21(12)15(22)6-5-14-18-9-13(24-14)17(2,3)4/h9,12H,5-8,10H2,1-4H3/t12-/m1/s1. The van der Waals surface area contributed by atoms with Crippen molar-refractivity contribution in [2.45, 2.75) is 52.0 Å². The number of oxazole rings is 1. The predicted molar refractivity (Wildman–Crippen MR) is 87.8 cm³/mol. The Morgan fingerprint density at radius 3 is 2.84 bits per heavy atom. The maximum absolute atomic E-state index is 12.7. The smallest absolute Gasteiger partial charge is 0.251 e. The van der Waals surface area contributed by atoms with Crippen LogP contribution in [0.2, 0.25) is 0 Å². The lowest BCUT2D eigenvalue weighted by molar-refractivity contribution is -0.141. The molecule has 0 saturated carbocycles. The number of aryl methyl sites for hydroxylation is 2. The normalized spacial score (nSPS) is 18.6. The summed E-state index contributed by atoms with van der Waals surface area (Å²) >= 11 is 0. The highest BCUT2D eigenvalue weighted by Gasteiger charge is 2.32. The van der Waals surface area contributed by atoms with Crippen LogP contribution in [-0.2, 0) is 21.4 Å². The first-order chi connectivity index (χ1) is 11.8. The van der Waals surface area contributed by atoms with Crippen molar-refractivity contribution < 1.29 is 18.5 Å². The molecule has 1 amide bonds.